The van der Waals surface area contributed by atoms with Crippen LogP contribution in [0.1, 0.15) is 17.0 Å². The van der Waals surface area contributed by atoms with Gasteiger partial charge in [0.25, 0.3) is 0 Å². The predicted molar refractivity (Wildman–Crippen MR) is 79.1 cm³/mol. The van der Waals surface area contributed by atoms with E-state index in [9.17, 15) is 4.79 Å². The van der Waals surface area contributed by atoms with Crippen molar-refractivity contribution in [1.82, 2.24) is 9.88 Å². The van der Waals surface area contributed by atoms with E-state index in [2.05, 4.69) is 11.1 Å². The third-order valence-corrected chi connectivity index (χ3v) is 4.56. The molecule has 0 saturated heterocycles. The molecule has 4 nitrogen and oxygen atoms in total. The molecule has 104 valence electrons. The molecular weight excluding hydrogens is 280 g/mol. The van der Waals surface area contributed by atoms with Crippen LogP contribution in [0.3, 0.4) is 0 Å². The molecule has 19 heavy (non-hydrogen) atoms. The molecule has 1 aliphatic heterocycles. The highest BCUT2D eigenvalue weighted by molar-refractivity contribution is 7.73. The number of nitrogens with zero attached hydrogens (tertiary/aromatic N) is 1. The number of rotatable bonds is 4. The zero-order chi connectivity index (χ0) is 13.8. The highest BCUT2D eigenvalue weighted by Gasteiger charge is 2.18. The normalized spacial score (nSPS) is 15.5. The fourth-order valence-corrected chi connectivity index (χ4v) is 3.39. The lowest BCUT2D eigenvalue weighted by molar-refractivity contribution is -0.130. The second-order valence-corrected chi connectivity index (χ2v) is 6.40. The van der Waals surface area contributed by atoms with E-state index in [4.69, 9.17) is 17.0 Å². The topological polar surface area (TPSA) is 45.3 Å². The summed E-state index contributed by atoms with van der Waals surface area (Å²) in [7, 11) is 1.70. The van der Waals surface area contributed by atoms with Crippen LogP contribution in [0.25, 0.3) is 0 Å². The molecule has 2 heterocycles. The Balaban J connectivity index is 1.95. The minimum Gasteiger partial charge on any atom is -0.380 e. The van der Waals surface area contributed by atoms with Crippen LogP contribution in [0.5, 0.6) is 0 Å². The molecule has 2 rings (SSSR count). The SMILES string of the molecule is COCC1=CCN(C(=O)Cc2sc(=S)[nH]c2C)CC1. The van der Waals surface area contributed by atoms with Crippen molar-refractivity contribution >= 4 is 29.5 Å². The van der Waals surface area contributed by atoms with E-state index in [1.165, 1.54) is 16.9 Å². The van der Waals surface area contributed by atoms with Gasteiger partial charge in [-0.1, -0.05) is 6.08 Å². The second-order valence-electron chi connectivity index (χ2n) is 4.62. The van der Waals surface area contributed by atoms with Crippen LogP contribution in [0.15, 0.2) is 11.6 Å². The summed E-state index contributed by atoms with van der Waals surface area (Å²) in [4.78, 5) is 18.2. The number of hydrogen-bond donors (Lipinski definition) is 1. The van der Waals surface area contributed by atoms with Gasteiger partial charge in [0.2, 0.25) is 5.91 Å². The standard InChI is InChI=1S/C13H18N2O2S2/c1-9-11(19-13(18)14-9)7-12(16)15-5-3-10(4-6-15)8-17-2/h3H,4-8H2,1-2H3,(H,14,18). The Labute approximate surface area is 122 Å². The van der Waals surface area contributed by atoms with E-state index in [0.29, 0.717) is 19.6 Å². The van der Waals surface area contributed by atoms with Crippen molar-refractivity contribution < 1.29 is 9.53 Å². The first-order chi connectivity index (χ1) is 9.10. The highest BCUT2D eigenvalue weighted by atomic mass is 32.1. The van der Waals surface area contributed by atoms with Gasteiger partial charge in [0.15, 0.2) is 3.95 Å². The number of ether oxygens (including phenoxy) is 1. The van der Waals surface area contributed by atoms with Crippen LogP contribution in [0.4, 0.5) is 0 Å². The van der Waals surface area contributed by atoms with Gasteiger partial charge in [-0.25, -0.2) is 0 Å². The van der Waals surface area contributed by atoms with Gasteiger partial charge in [0.1, 0.15) is 0 Å². The fourth-order valence-electron chi connectivity index (χ4n) is 2.11. The van der Waals surface area contributed by atoms with Crippen molar-refractivity contribution in [3.63, 3.8) is 0 Å². The van der Waals surface area contributed by atoms with E-state index in [1.54, 1.807) is 7.11 Å². The van der Waals surface area contributed by atoms with Crippen LogP contribution < -0.4 is 0 Å². The number of nitrogens with one attached hydrogen (secondary N) is 1. The molecule has 0 radical (unpaired) electrons. The molecular formula is C13H18N2O2S2. The van der Waals surface area contributed by atoms with Gasteiger partial charge in [0.05, 0.1) is 13.0 Å². The summed E-state index contributed by atoms with van der Waals surface area (Å²) in [6.07, 6.45) is 3.44. The molecule has 1 amide bonds. The highest BCUT2D eigenvalue weighted by Crippen LogP contribution is 2.18. The number of aromatic nitrogens is 1. The number of hydrogen-bond acceptors (Lipinski definition) is 4. The van der Waals surface area contributed by atoms with E-state index < -0.39 is 0 Å². The second kappa shape index (κ2) is 6.45. The minimum atomic E-state index is 0.168. The van der Waals surface area contributed by atoms with Gasteiger partial charge in [0, 0.05) is 30.8 Å². The maximum Gasteiger partial charge on any atom is 0.228 e. The summed E-state index contributed by atoms with van der Waals surface area (Å²) in [5, 5.41) is 0. The summed E-state index contributed by atoms with van der Waals surface area (Å²) >= 11 is 6.58. The lowest BCUT2D eigenvalue weighted by atomic mass is 10.1. The Bertz CT molecular complexity index is 545. The molecule has 1 aromatic rings. The van der Waals surface area contributed by atoms with E-state index in [0.717, 1.165) is 27.5 Å². The van der Waals surface area contributed by atoms with Crippen molar-refractivity contribution in [3.05, 3.63) is 26.2 Å². The Morgan fingerprint density at radius 3 is 2.95 bits per heavy atom. The smallest absolute Gasteiger partial charge is 0.228 e. The molecule has 1 aromatic heterocycles. The van der Waals surface area contributed by atoms with Gasteiger partial charge in [-0.3, -0.25) is 4.79 Å². The lowest BCUT2D eigenvalue weighted by Gasteiger charge is -2.26. The molecule has 1 N–H and O–H groups in total. The Kier molecular flexibility index (Phi) is 4.90. The van der Waals surface area contributed by atoms with Gasteiger partial charge >= 0.3 is 0 Å². The van der Waals surface area contributed by atoms with Crippen LogP contribution in [0.2, 0.25) is 0 Å². The number of amides is 1. The lowest BCUT2D eigenvalue weighted by Crippen LogP contribution is -2.36. The third kappa shape index (κ3) is 3.75. The van der Waals surface area contributed by atoms with Crippen LogP contribution >= 0.6 is 23.6 Å². The molecule has 0 spiro atoms. The third-order valence-electron chi connectivity index (χ3n) is 3.22. The van der Waals surface area contributed by atoms with Gasteiger partial charge in [-0.15, -0.1) is 11.3 Å². The Morgan fingerprint density at radius 1 is 1.63 bits per heavy atom. The number of H-pyrrole nitrogens is 1. The summed E-state index contributed by atoms with van der Waals surface area (Å²) in [5.41, 5.74) is 2.29. The van der Waals surface area contributed by atoms with Crippen molar-refractivity contribution in [2.75, 3.05) is 26.8 Å². The Hall–Kier alpha value is -0.980. The maximum absolute atomic E-state index is 12.2. The monoisotopic (exact) mass is 298 g/mol. The average Bonchev–Trinajstić information content (AvgIpc) is 2.69. The summed E-state index contributed by atoms with van der Waals surface area (Å²) < 4.78 is 5.84. The first-order valence-corrected chi connectivity index (χ1v) is 7.46. The molecule has 0 saturated carbocycles. The molecule has 0 fully saturated rings. The number of aryl methyl sites for hydroxylation is 1. The number of methoxy groups -OCH3 is 1. The summed E-state index contributed by atoms with van der Waals surface area (Å²) in [5.74, 6) is 0.168. The summed E-state index contributed by atoms with van der Waals surface area (Å²) in [6.45, 7) is 4.09. The van der Waals surface area contributed by atoms with E-state index in [1.807, 2.05) is 11.8 Å². The molecule has 0 aliphatic carbocycles. The molecule has 0 unspecified atom stereocenters. The number of carbonyl (C=O) groups is 1. The zero-order valence-corrected chi connectivity index (χ0v) is 12.8. The maximum atomic E-state index is 12.2. The van der Waals surface area contributed by atoms with Gasteiger partial charge in [-0.2, -0.15) is 0 Å². The van der Waals surface area contributed by atoms with Gasteiger partial charge < -0.3 is 14.6 Å². The molecule has 6 heteroatoms. The van der Waals surface area contributed by atoms with Crippen molar-refractivity contribution in [2.45, 2.75) is 19.8 Å². The number of aromatic amines is 1. The molecule has 0 atom stereocenters. The van der Waals surface area contributed by atoms with E-state index in [-0.39, 0.29) is 5.91 Å². The van der Waals surface area contributed by atoms with Crippen LogP contribution in [0, 0.1) is 10.9 Å². The fraction of sp³-hybridized carbons (Fsp3) is 0.538. The van der Waals surface area contributed by atoms with E-state index >= 15 is 0 Å². The summed E-state index contributed by atoms with van der Waals surface area (Å²) in [6, 6.07) is 0. The molecule has 0 aromatic carbocycles. The first-order valence-electron chi connectivity index (χ1n) is 6.23. The largest absolute Gasteiger partial charge is 0.380 e. The quantitative estimate of drug-likeness (QED) is 0.686. The molecule has 1 aliphatic rings. The predicted octanol–water partition coefficient (Wildman–Crippen LogP) is 2.46. The van der Waals surface area contributed by atoms with Crippen molar-refractivity contribution in [1.29, 1.82) is 0 Å². The minimum absolute atomic E-state index is 0.168. The van der Waals surface area contributed by atoms with Crippen LogP contribution in [-0.4, -0.2) is 42.6 Å². The molecule has 0 bridgehead atoms. The zero-order valence-electron chi connectivity index (χ0n) is 11.2. The van der Waals surface area contributed by atoms with Crippen molar-refractivity contribution in [3.8, 4) is 0 Å². The number of thiazole rings is 1. The van der Waals surface area contributed by atoms with Crippen molar-refractivity contribution in [2.24, 2.45) is 0 Å². The first kappa shape index (κ1) is 14.4. The Morgan fingerprint density at radius 2 is 2.42 bits per heavy atom. The number of carbonyl (C=O) groups excluding carboxylic acids is 1. The van der Waals surface area contributed by atoms with Gasteiger partial charge in [-0.05, 0) is 31.1 Å². The average molecular weight is 298 g/mol. The van der Waals surface area contributed by atoms with Crippen LogP contribution in [-0.2, 0) is 16.0 Å².